The van der Waals surface area contributed by atoms with E-state index in [0.29, 0.717) is 22.1 Å². The molecule has 0 unspecified atom stereocenters. The van der Waals surface area contributed by atoms with E-state index in [9.17, 15) is 13.2 Å². The van der Waals surface area contributed by atoms with Crippen molar-refractivity contribution in [3.8, 4) is 0 Å². The highest BCUT2D eigenvalue weighted by atomic mass is 35.5. The molecule has 1 aromatic carbocycles. The van der Waals surface area contributed by atoms with E-state index in [-0.39, 0.29) is 16.0 Å². The molecule has 0 spiro atoms. The maximum absolute atomic E-state index is 12.2. The first-order valence-electron chi connectivity index (χ1n) is 6.94. The van der Waals surface area contributed by atoms with E-state index >= 15 is 0 Å². The molecule has 0 saturated carbocycles. The van der Waals surface area contributed by atoms with E-state index in [1.54, 1.807) is 24.3 Å². The van der Waals surface area contributed by atoms with Gasteiger partial charge in [0.1, 0.15) is 4.21 Å². The lowest BCUT2D eigenvalue weighted by Gasteiger charge is -2.09. The van der Waals surface area contributed by atoms with E-state index in [1.165, 1.54) is 12.1 Å². The van der Waals surface area contributed by atoms with Crippen LogP contribution in [0.1, 0.15) is 20.3 Å². The number of thiophene rings is 1. The summed E-state index contributed by atoms with van der Waals surface area (Å²) in [6.45, 7) is 3.93. The zero-order valence-electron chi connectivity index (χ0n) is 12.7. The molecule has 8 heteroatoms. The second-order valence-corrected chi connectivity index (χ2v) is 9.01. The maximum Gasteiger partial charge on any atom is 0.271 e. The molecule has 2 aromatic rings. The summed E-state index contributed by atoms with van der Waals surface area (Å²) in [4.78, 5) is 11.7. The Morgan fingerprint density at radius 2 is 1.74 bits per heavy atom. The average molecular weight is 373 g/mol. The number of rotatable bonds is 6. The summed E-state index contributed by atoms with van der Waals surface area (Å²) in [5.41, 5.74) is 1.04. The van der Waals surface area contributed by atoms with Crippen LogP contribution in [-0.2, 0) is 14.8 Å². The molecule has 2 N–H and O–H groups in total. The fourth-order valence-electron chi connectivity index (χ4n) is 1.85. The van der Waals surface area contributed by atoms with E-state index in [2.05, 4.69) is 10.0 Å². The van der Waals surface area contributed by atoms with Crippen molar-refractivity contribution in [2.24, 2.45) is 5.92 Å². The summed E-state index contributed by atoms with van der Waals surface area (Å²) in [7, 11) is -3.65. The molecule has 2 rings (SSSR count). The number of carbonyl (C=O) groups is 1. The van der Waals surface area contributed by atoms with Crippen LogP contribution in [0, 0.1) is 5.92 Å². The predicted molar refractivity (Wildman–Crippen MR) is 94.7 cm³/mol. The van der Waals surface area contributed by atoms with Gasteiger partial charge in [-0.05, 0) is 42.3 Å². The summed E-state index contributed by atoms with van der Waals surface area (Å²) < 4.78 is 27.4. The minimum absolute atomic E-state index is 0.0680. The Kier molecular flexibility index (Phi) is 5.67. The molecule has 0 aliphatic carbocycles. The first kappa shape index (κ1) is 17.8. The summed E-state index contributed by atoms with van der Waals surface area (Å²) in [5, 5.41) is 2.77. The third-order valence-electron chi connectivity index (χ3n) is 2.83. The number of carbonyl (C=O) groups excluding carboxylic acids is 1. The van der Waals surface area contributed by atoms with Crippen LogP contribution in [0.3, 0.4) is 0 Å². The van der Waals surface area contributed by atoms with Crippen LogP contribution in [0.25, 0.3) is 0 Å². The number of hydrogen-bond acceptors (Lipinski definition) is 4. The van der Waals surface area contributed by atoms with Gasteiger partial charge in [0, 0.05) is 17.8 Å². The van der Waals surface area contributed by atoms with Crippen LogP contribution in [0.2, 0.25) is 4.34 Å². The standard InChI is InChI=1S/C15H17ClN2O3S2/c1-10(2)9-14(19)17-11-3-5-12(6-4-11)18-23(20,21)15-8-7-13(16)22-15/h3-8,10,18H,9H2,1-2H3,(H,17,19). The molecule has 0 radical (unpaired) electrons. The van der Waals surface area contributed by atoms with Gasteiger partial charge in [-0.15, -0.1) is 11.3 Å². The molecule has 0 aliphatic rings. The average Bonchev–Trinajstić information content (AvgIpc) is 2.87. The maximum atomic E-state index is 12.2. The third kappa shape index (κ3) is 5.23. The lowest BCUT2D eigenvalue weighted by molar-refractivity contribution is -0.116. The summed E-state index contributed by atoms with van der Waals surface area (Å²) >= 11 is 6.75. The topological polar surface area (TPSA) is 75.3 Å². The van der Waals surface area contributed by atoms with Crippen molar-refractivity contribution < 1.29 is 13.2 Å². The van der Waals surface area contributed by atoms with Gasteiger partial charge in [0.05, 0.1) is 4.34 Å². The molecular weight excluding hydrogens is 356 g/mol. The van der Waals surface area contributed by atoms with Crippen molar-refractivity contribution in [1.29, 1.82) is 0 Å². The van der Waals surface area contributed by atoms with Crippen LogP contribution in [-0.4, -0.2) is 14.3 Å². The van der Waals surface area contributed by atoms with Crippen molar-refractivity contribution in [2.45, 2.75) is 24.5 Å². The molecule has 0 fully saturated rings. The van der Waals surface area contributed by atoms with Gasteiger partial charge in [-0.25, -0.2) is 8.42 Å². The Morgan fingerprint density at radius 3 is 2.26 bits per heavy atom. The Morgan fingerprint density at radius 1 is 1.13 bits per heavy atom. The fourth-order valence-corrected chi connectivity index (χ4v) is 4.39. The van der Waals surface area contributed by atoms with Gasteiger partial charge in [0.15, 0.2) is 0 Å². The zero-order valence-corrected chi connectivity index (χ0v) is 15.1. The quantitative estimate of drug-likeness (QED) is 0.798. The van der Waals surface area contributed by atoms with Gasteiger partial charge in [-0.1, -0.05) is 25.4 Å². The number of halogens is 1. The molecule has 1 amide bonds. The molecule has 5 nitrogen and oxygen atoms in total. The molecule has 0 atom stereocenters. The van der Waals surface area contributed by atoms with Crippen molar-refractivity contribution in [3.63, 3.8) is 0 Å². The molecule has 1 aromatic heterocycles. The van der Waals surface area contributed by atoms with Crippen LogP contribution >= 0.6 is 22.9 Å². The normalized spacial score (nSPS) is 11.5. The predicted octanol–water partition coefficient (Wildman–Crippen LogP) is 4.19. The lowest BCUT2D eigenvalue weighted by Crippen LogP contribution is -2.14. The molecule has 124 valence electrons. The van der Waals surface area contributed by atoms with Gasteiger partial charge >= 0.3 is 0 Å². The Hall–Kier alpha value is -1.57. The summed E-state index contributed by atoms with van der Waals surface area (Å²) in [5.74, 6) is 0.209. The monoisotopic (exact) mass is 372 g/mol. The van der Waals surface area contributed by atoms with Crippen LogP contribution in [0.4, 0.5) is 11.4 Å². The fraction of sp³-hybridized carbons (Fsp3) is 0.267. The minimum atomic E-state index is -3.65. The number of sulfonamides is 1. The number of hydrogen-bond donors (Lipinski definition) is 2. The smallest absolute Gasteiger partial charge is 0.271 e. The van der Waals surface area contributed by atoms with Gasteiger partial charge in [-0.2, -0.15) is 0 Å². The van der Waals surface area contributed by atoms with Crippen LogP contribution in [0.5, 0.6) is 0 Å². The highest BCUT2D eigenvalue weighted by molar-refractivity contribution is 7.94. The van der Waals surface area contributed by atoms with Gasteiger partial charge in [0.2, 0.25) is 5.91 Å². The number of amides is 1. The Bertz CT molecular complexity index is 783. The molecule has 1 heterocycles. The van der Waals surface area contributed by atoms with Crippen LogP contribution < -0.4 is 10.0 Å². The van der Waals surface area contributed by atoms with Crippen molar-refractivity contribution >= 4 is 50.2 Å². The molecule has 0 aliphatic heterocycles. The van der Waals surface area contributed by atoms with Crippen molar-refractivity contribution in [3.05, 3.63) is 40.7 Å². The zero-order chi connectivity index (χ0) is 17.0. The molecular formula is C15H17ClN2O3S2. The highest BCUT2D eigenvalue weighted by Gasteiger charge is 2.16. The SMILES string of the molecule is CC(C)CC(=O)Nc1ccc(NS(=O)(=O)c2ccc(Cl)s2)cc1. The van der Waals surface area contributed by atoms with E-state index in [1.807, 2.05) is 13.8 Å². The molecule has 0 bridgehead atoms. The van der Waals surface area contributed by atoms with Gasteiger partial charge in [-0.3, -0.25) is 9.52 Å². The first-order chi connectivity index (χ1) is 10.8. The lowest BCUT2D eigenvalue weighted by atomic mass is 10.1. The second kappa shape index (κ2) is 7.33. The first-order valence-corrected chi connectivity index (χ1v) is 9.62. The minimum Gasteiger partial charge on any atom is -0.326 e. The van der Waals surface area contributed by atoms with E-state index < -0.39 is 10.0 Å². The Balaban J connectivity index is 2.04. The number of nitrogens with one attached hydrogen (secondary N) is 2. The number of benzene rings is 1. The van der Waals surface area contributed by atoms with Gasteiger partial charge in [0.25, 0.3) is 10.0 Å². The third-order valence-corrected chi connectivity index (χ3v) is 5.93. The number of anilines is 2. The van der Waals surface area contributed by atoms with Crippen molar-refractivity contribution in [1.82, 2.24) is 0 Å². The molecule has 23 heavy (non-hydrogen) atoms. The van der Waals surface area contributed by atoms with E-state index in [0.717, 1.165) is 11.3 Å². The summed E-state index contributed by atoms with van der Waals surface area (Å²) in [6, 6.07) is 9.48. The Labute approximate surface area is 144 Å². The van der Waals surface area contributed by atoms with E-state index in [4.69, 9.17) is 11.6 Å². The largest absolute Gasteiger partial charge is 0.326 e. The van der Waals surface area contributed by atoms with Gasteiger partial charge < -0.3 is 5.32 Å². The molecule has 0 saturated heterocycles. The van der Waals surface area contributed by atoms with Crippen LogP contribution in [0.15, 0.2) is 40.6 Å². The highest BCUT2D eigenvalue weighted by Crippen LogP contribution is 2.27. The van der Waals surface area contributed by atoms with Crippen molar-refractivity contribution in [2.75, 3.05) is 10.0 Å². The second-order valence-electron chi connectivity index (χ2n) is 5.39. The summed E-state index contributed by atoms with van der Waals surface area (Å²) in [6.07, 6.45) is 0.438.